The van der Waals surface area contributed by atoms with Gasteiger partial charge in [0.05, 0.1) is 13.2 Å². The first-order valence-electron chi connectivity index (χ1n) is 10.0. The zero-order valence-corrected chi connectivity index (χ0v) is 16.9. The summed E-state index contributed by atoms with van der Waals surface area (Å²) in [7, 11) is 0. The lowest BCUT2D eigenvalue weighted by Gasteiger charge is -2.37. The monoisotopic (exact) mass is 394 g/mol. The summed E-state index contributed by atoms with van der Waals surface area (Å²) in [6, 6.07) is 12.7. The van der Waals surface area contributed by atoms with Crippen molar-refractivity contribution in [2.75, 3.05) is 31.6 Å². The molecule has 152 valence electrons. The highest BCUT2D eigenvalue weighted by Crippen LogP contribution is 2.31. The van der Waals surface area contributed by atoms with Crippen molar-refractivity contribution in [1.82, 2.24) is 4.90 Å². The van der Waals surface area contributed by atoms with E-state index in [0.29, 0.717) is 50.3 Å². The number of likely N-dealkylation sites (tertiary alicyclic amines) is 1. The smallest absolute Gasteiger partial charge is 0.255 e. The van der Waals surface area contributed by atoms with E-state index in [1.807, 2.05) is 36.9 Å². The number of nitrogens with one attached hydrogen (secondary N) is 1. The van der Waals surface area contributed by atoms with Crippen LogP contribution in [0.3, 0.4) is 0 Å². The van der Waals surface area contributed by atoms with Crippen LogP contribution in [0, 0.1) is 13.8 Å². The molecular formula is C23H26N2O4. The number of piperidine rings is 1. The molecule has 0 radical (unpaired) electrons. The zero-order valence-electron chi connectivity index (χ0n) is 16.9. The number of hydrogen-bond acceptors (Lipinski definition) is 4. The van der Waals surface area contributed by atoms with Crippen LogP contribution in [0.5, 0.6) is 0 Å². The number of hydrogen-bond donors (Lipinski definition) is 1. The maximum atomic E-state index is 12.8. The number of aryl methyl sites for hydroxylation is 2. The molecule has 2 aromatic rings. The Balaban J connectivity index is 1.38. The van der Waals surface area contributed by atoms with Crippen molar-refractivity contribution in [2.24, 2.45) is 0 Å². The highest BCUT2D eigenvalue weighted by atomic mass is 16.7. The maximum Gasteiger partial charge on any atom is 0.255 e. The predicted molar refractivity (Wildman–Crippen MR) is 110 cm³/mol. The summed E-state index contributed by atoms with van der Waals surface area (Å²) in [5.74, 6) is -0.710. The highest BCUT2D eigenvalue weighted by Gasteiger charge is 2.40. The molecule has 6 heteroatoms. The van der Waals surface area contributed by atoms with Gasteiger partial charge < -0.3 is 19.7 Å². The fourth-order valence-electron chi connectivity index (χ4n) is 3.93. The van der Waals surface area contributed by atoms with Crippen molar-refractivity contribution in [3.63, 3.8) is 0 Å². The van der Waals surface area contributed by atoms with Gasteiger partial charge in [-0.2, -0.15) is 0 Å². The number of carbonyl (C=O) groups is 2. The molecule has 0 aromatic heterocycles. The second-order valence-corrected chi connectivity index (χ2v) is 7.75. The minimum Gasteiger partial charge on any atom is -0.347 e. The van der Waals surface area contributed by atoms with Gasteiger partial charge in [0.15, 0.2) is 5.79 Å². The molecule has 2 aliphatic rings. The van der Waals surface area contributed by atoms with Gasteiger partial charge in [0.1, 0.15) is 0 Å². The minimum atomic E-state index is -0.493. The first-order valence-corrected chi connectivity index (χ1v) is 10.0. The van der Waals surface area contributed by atoms with E-state index in [1.165, 1.54) is 0 Å². The Morgan fingerprint density at radius 3 is 2.17 bits per heavy atom. The lowest BCUT2D eigenvalue weighted by Crippen LogP contribution is -2.47. The van der Waals surface area contributed by atoms with Crippen LogP contribution < -0.4 is 5.32 Å². The Morgan fingerprint density at radius 1 is 0.931 bits per heavy atom. The van der Waals surface area contributed by atoms with Gasteiger partial charge >= 0.3 is 0 Å². The topological polar surface area (TPSA) is 67.9 Å². The average molecular weight is 394 g/mol. The molecule has 0 bridgehead atoms. The second kappa shape index (κ2) is 7.97. The van der Waals surface area contributed by atoms with Gasteiger partial charge in [0.2, 0.25) is 0 Å². The standard InChI is InChI=1S/C23H26N2O4/c1-16-3-8-20(17(2)15-16)24-21(26)18-4-6-19(7-5-18)22(27)25-11-9-23(10-12-25)28-13-14-29-23/h3-8,15H,9-14H2,1-2H3,(H,24,26). The third-order valence-corrected chi connectivity index (χ3v) is 5.65. The van der Waals surface area contributed by atoms with Gasteiger partial charge in [-0.3, -0.25) is 9.59 Å². The number of anilines is 1. The van der Waals surface area contributed by atoms with Crippen LogP contribution in [0.4, 0.5) is 5.69 Å². The molecule has 0 saturated carbocycles. The number of amides is 2. The Kier molecular flexibility index (Phi) is 5.39. The van der Waals surface area contributed by atoms with Gasteiger partial charge in [-0.1, -0.05) is 17.7 Å². The van der Waals surface area contributed by atoms with Crippen molar-refractivity contribution in [3.05, 3.63) is 64.7 Å². The molecule has 2 heterocycles. The van der Waals surface area contributed by atoms with Crippen molar-refractivity contribution in [3.8, 4) is 0 Å². The first-order chi connectivity index (χ1) is 14.0. The number of benzene rings is 2. The van der Waals surface area contributed by atoms with E-state index in [4.69, 9.17) is 9.47 Å². The number of ether oxygens (including phenoxy) is 2. The summed E-state index contributed by atoms with van der Waals surface area (Å²) in [5.41, 5.74) is 4.06. The van der Waals surface area contributed by atoms with Gasteiger partial charge in [-0.15, -0.1) is 0 Å². The van der Waals surface area contributed by atoms with Gasteiger partial charge in [0, 0.05) is 42.7 Å². The van der Waals surface area contributed by atoms with Crippen molar-refractivity contribution in [1.29, 1.82) is 0 Å². The maximum absolute atomic E-state index is 12.8. The van der Waals surface area contributed by atoms with E-state index in [1.54, 1.807) is 24.3 Å². The average Bonchev–Trinajstić information content (AvgIpc) is 3.18. The van der Waals surface area contributed by atoms with Gasteiger partial charge in [-0.05, 0) is 49.7 Å². The number of rotatable bonds is 3. The van der Waals surface area contributed by atoms with E-state index >= 15 is 0 Å². The summed E-state index contributed by atoms with van der Waals surface area (Å²) in [5, 5.41) is 2.93. The van der Waals surface area contributed by atoms with Crippen LogP contribution in [0.1, 0.15) is 44.7 Å². The molecule has 29 heavy (non-hydrogen) atoms. The summed E-state index contributed by atoms with van der Waals surface area (Å²) >= 11 is 0. The Morgan fingerprint density at radius 2 is 1.55 bits per heavy atom. The van der Waals surface area contributed by atoms with Gasteiger partial charge in [0.25, 0.3) is 11.8 Å². The van der Waals surface area contributed by atoms with Gasteiger partial charge in [-0.25, -0.2) is 0 Å². The Labute approximate surface area is 170 Å². The number of nitrogens with zero attached hydrogens (tertiary/aromatic N) is 1. The molecule has 1 spiro atoms. The Hall–Kier alpha value is -2.70. The number of carbonyl (C=O) groups excluding carboxylic acids is 2. The molecule has 6 nitrogen and oxygen atoms in total. The van der Waals surface area contributed by atoms with Crippen molar-refractivity contribution >= 4 is 17.5 Å². The summed E-state index contributed by atoms with van der Waals surface area (Å²) in [6.07, 6.45) is 1.38. The first kappa shape index (κ1) is 19.6. The highest BCUT2D eigenvalue weighted by molar-refractivity contribution is 6.05. The largest absolute Gasteiger partial charge is 0.347 e. The van der Waals surface area contributed by atoms with Crippen molar-refractivity contribution in [2.45, 2.75) is 32.5 Å². The van der Waals surface area contributed by atoms with Crippen LogP contribution in [0.15, 0.2) is 42.5 Å². The van der Waals surface area contributed by atoms with Crippen LogP contribution in [-0.4, -0.2) is 48.8 Å². The molecular weight excluding hydrogens is 368 g/mol. The van der Waals surface area contributed by atoms with Crippen molar-refractivity contribution < 1.29 is 19.1 Å². The molecule has 0 atom stereocenters. The molecule has 2 amide bonds. The summed E-state index contributed by atoms with van der Waals surface area (Å²) in [6.45, 7) is 6.44. The second-order valence-electron chi connectivity index (χ2n) is 7.75. The van der Waals surface area contributed by atoms with Crippen LogP contribution in [-0.2, 0) is 9.47 Å². The van der Waals surface area contributed by atoms with Crippen LogP contribution in [0.25, 0.3) is 0 Å². The SMILES string of the molecule is Cc1ccc(NC(=O)c2ccc(C(=O)N3CCC4(CC3)OCCO4)cc2)c(C)c1. The molecule has 2 saturated heterocycles. The Bertz CT molecular complexity index is 907. The molecule has 0 aliphatic carbocycles. The lowest BCUT2D eigenvalue weighted by atomic mass is 10.0. The molecule has 2 fully saturated rings. The zero-order chi connectivity index (χ0) is 20.4. The molecule has 0 unspecified atom stereocenters. The van der Waals surface area contributed by atoms with E-state index in [9.17, 15) is 9.59 Å². The van der Waals surface area contributed by atoms with E-state index in [2.05, 4.69) is 5.32 Å². The normalized spacial score (nSPS) is 18.1. The fourth-order valence-corrected chi connectivity index (χ4v) is 3.93. The van der Waals surface area contributed by atoms with E-state index in [-0.39, 0.29) is 11.8 Å². The third-order valence-electron chi connectivity index (χ3n) is 5.65. The summed E-state index contributed by atoms with van der Waals surface area (Å²) in [4.78, 5) is 27.2. The predicted octanol–water partition coefficient (Wildman–Crippen LogP) is 3.53. The molecule has 2 aliphatic heterocycles. The minimum absolute atomic E-state index is 0.0285. The molecule has 2 aromatic carbocycles. The van der Waals surface area contributed by atoms with E-state index < -0.39 is 5.79 Å². The molecule has 4 rings (SSSR count). The lowest BCUT2D eigenvalue weighted by molar-refractivity contribution is -0.181. The quantitative estimate of drug-likeness (QED) is 0.865. The summed E-state index contributed by atoms with van der Waals surface area (Å²) < 4.78 is 11.4. The third kappa shape index (κ3) is 4.18. The van der Waals surface area contributed by atoms with Crippen LogP contribution >= 0.6 is 0 Å². The fraction of sp³-hybridized carbons (Fsp3) is 0.391. The van der Waals surface area contributed by atoms with Crippen LogP contribution in [0.2, 0.25) is 0 Å². The van der Waals surface area contributed by atoms with E-state index in [0.717, 1.165) is 16.8 Å². The molecule has 1 N–H and O–H groups in total.